The van der Waals surface area contributed by atoms with Crippen molar-refractivity contribution in [2.45, 2.75) is 31.8 Å². The van der Waals surface area contributed by atoms with Crippen LogP contribution in [0.2, 0.25) is 10.2 Å². The number of hydroxylamine groups is 1. The second-order valence-electron chi connectivity index (χ2n) is 3.94. The summed E-state index contributed by atoms with van der Waals surface area (Å²) in [5.41, 5.74) is 2.67. The first-order valence-corrected chi connectivity index (χ1v) is 6.19. The van der Waals surface area contributed by atoms with Gasteiger partial charge in [0.15, 0.2) is 0 Å². The average Bonchev–Trinajstić information content (AvgIpc) is 2.82. The van der Waals surface area contributed by atoms with Crippen molar-refractivity contribution in [2.24, 2.45) is 0 Å². The highest BCUT2D eigenvalue weighted by Gasteiger charge is 2.18. The summed E-state index contributed by atoms with van der Waals surface area (Å²) < 4.78 is 0. The van der Waals surface area contributed by atoms with Crippen molar-refractivity contribution in [3.63, 3.8) is 0 Å². The molecule has 1 amide bonds. The molecule has 1 saturated carbocycles. The van der Waals surface area contributed by atoms with E-state index >= 15 is 0 Å². The van der Waals surface area contributed by atoms with Crippen LogP contribution in [-0.2, 0) is 4.84 Å². The number of rotatable bonds is 3. The monoisotopic (exact) mass is 274 g/mol. The van der Waals surface area contributed by atoms with Crippen LogP contribution in [0, 0.1) is 0 Å². The van der Waals surface area contributed by atoms with E-state index in [9.17, 15) is 4.79 Å². The Morgan fingerprint density at radius 1 is 1.41 bits per heavy atom. The molecule has 0 aliphatic heterocycles. The van der Waals surface area contributed by atoms with Gasteiger partial charge in [-0.3, -0.25) is 9.63 Å². The molecule has 92 valence electrons. The lowest BCUT2D eigenvalue weighted by Gasteiger charge is -2.11. The molecule has 2 rings (SSSR count). The van der Waals surface area contributed by atoms with E-state index in [0.717, 1.165) is 25.7 Å². The number of hydrogen-bond acceptors (Lipinski definition) is 3. The predicted molar refractivity (Wildman–Crippen MR) is 65.1 cm³/mol. The van der Waals surface area contributed by atoms with Gasteiger partial charge in [0.25, 0.3) is 5.91 Å². The molecule has 0 saturated heterocycles. The highest BCUT2D eigenvalue weighted by molar-refractivity contribution is 6.35. The highest BCUT2D eigenvalue weighted by atomic mass is 35.5. The summed E-state index contributed by atoms with van der Waals surface area (Å²) in [6, 6.07) is 1.41. The Morgan fingerprint density at radius 3 is 2.82 bits per heavy atom. The van der Waals surface area contributed by atoms with Gasteiger partial charge in [0.1, 0.15) is 5.15 Å². The quantitative estimate of drug-likeness (QED) is 0.681. The third-order valence-corrected chi connectivity index (χ3v) is 3.19. The highest BCUT2D eigenvalue weighted by Crippen LogP contribution is 2.21. The normalized spacial score (nSPS) is 16.1. The third-order valence-electron chi connectivity index (χ3n) is 2.69. The Kier molecular flexibility index (Phi) is 4.20. The molecule has 1 N–H and O–H groups in total. The van der Waals surface area contributed by atoms with E-state index < -0.39 is 5.91 Å². The first kappa shape index (κ1) is 12.6. The SMILES string of the molecule is O=C(NOC1CCCC1)c1cc(Cl)ncc1Cl. The zero-order valence-electron chi connectivity index (χ0n) is 9.08. The lowest BCUT2D eigenvalue weighted by Crippen LogP contribution is -2.28. The van der Waals surface area contributed by atoms with Gasteiger partial charge in [0.05, 0.1) is 16.7 Å². The minimum Gasteiger partial charge on any atom is -0.270 e. The fourth-order valence-electron chi connectivity index (χ4n) is 1.79. The smallest absolute Gasteiger partial charge is 0.270 e. The Balaban J connectivity index is 1.96. The topological polar surface area (TPSA) is 51.2 Å². The van der Waals surface area contributed by atoms with Crippen molar-refractivity contribution in [3.05, 3.63) is 28.0 Å². The van der Waals surface area contributed by atoms with Gasteiger partial charge in [-0.05, 0) is 18.9 Å². The summed E-state index contributed by atoms with van der Waals surface area (Å²) in [5, 5.41) is 0.474. The van der Waals surface area contributed by atoms with Crippen LogP contribution in [0.5, 0.6) is 0 Å². The molecular formula is C11H12Cl2N2O2. The van der Waals surface area contributed by atoms with Crippen LogP contribution in [-0.4, -0.2) is 17.0 Å². The number of hydrogen-bond donors (Lipinski definition) is 1. The predicted octanol–water partition coefficient (Wildman–Crippen LogP) is 2.99. The van der Waals surface area contributed by atoms with Gasteiger partial charge in [-0.25, -0.2) is 10.5 Å². The fourth-order valence-corrected chi connectivity index (χ4v) is 2.13. The van der Waals surface area contributed by atoms with Crippen LogP contribution >= 0.6 is 23.2 Å². The van der Waals surface area contributed by atoms with Crippen molar-refractivity contribution in [2.75, 3.05) is 0 Å². The summed E-state index contributed by atoms with van der Waals surface area (Å²) in [4.78, 5) is 20.8. The van der Waals surface area contributed by atoms with E-state index in [-0.39, 0.29) is 21.8 Å². The zero-order chi connectivity index (χ0) is 12.3. The number of carbonyl (C=O) groups excluding carboxylic acids is 1. The van der Waals surface area contributed by atoms with E-state index in [1.807, 2.05) is 0 Å². The summed E-state index contributed by atoms with van der Waals surface area (Å²) in [7, 11) is 0. The molecule has 17 heavy (non-hydrogen) atoms. The molecule has 1 aromatic heterocycles. The maximum atomic E-state index is 11.8. The van der Waals surface area contributed by atoms with Gasteiger partial charge in [0.2, 0.25) is 0 Å². The molecule has 1 aliphatic rings. The van der Waals surface area contributed by atoms with Gasteiger partial charge in [-0.15, -0.1) is 0 Å². The molecule has 1 heterocycles. The van der Waals surface area contributed by atoms with Crippen molar-refractivity contribution in [1.82, 2.24) is 10.5 Å². The van der Waals surface area contributed by atoms with Crippen LogP contribution in [0.4, 0.5) is 0 Å². The van der Waals surface area contributed by atoms with Crippen molar-refractivity contribution >= 4 is 29.1 Å². The summed E-state index contributed by atoms with van der Waals surface area (Å²) >= 11 is 11.5. The van der Waals surface area contributed by atoms with E-state index in [1.54, 1.807) is 0 Å². The fraction of sp³-hybridized carbons (Fsp3) is 0.455. The molecule has 0 bridgehead atoms. The van der Waals surface area contributed by atoms with Crippen LogP contribution in [0.3, 0.4) is 0 Å². The first-order valence-electron chi connectivity index (χ1n) is 5.44. The average molecular weight is 275 g/mol. The number of aromatic nitrogens is 1. The molecule has 0 radical (unpaired) electrons. The molecule has 0 spiro atoms. The van der Waals surface area contributed by atoms with Gasteiger partial charge in [-0.1, -0.05) is 36.0 Å². The lowest BCUT2D eigenvalue weighted by atomic mass is 10.2. The number of nitrogens with zero attached hydrogens (tertiary/aromatic N) is 1. The molecular weight excluding hydrogens is 263 g/mol. The molecule has 0 atom stereocenters. The van der Waals surface area contributed by atoms with Crippen molar-refractivity contribution in [1.29, 1.82) is 0 Å². The zero-order valence-corrected chi connectivity index (χ0v) is 10.6. The van der Waals surface area contributed by atoms with Gasteiger partial charge in [0, 0.05) is 6.20 Å². The molecule has 4 nitrogen and oxygen atoms in total. The number of nitrogens with one attached hydrogen (secondary N) is 1. The number of pyridine rings is 1. The maximum Gasteiger partial charge on any atom is 0.276 e. The Hall–Kier alpha value is -0.840. The van der Waals surface area contributed by atoms with E-state index in [2.05, 4.69) is 10.5 Å². The summed E-state index contributed by atoms with van der Waals surface area (Å²) in [6.07, 6.45) is 5.69. The first-order chi connectivity index (χ1) is 8.16. The van der Waals surface area contributed by atoms with Crippen molar-refractivity contribution in [3.8, 4) is 0 Å². The van der Waals surface area contributed by atoms with Gasteiger partial charge in [-0.2, -0.15) is 0 Å². The standard InChI is InChI=1S/C11H12Cl2N2O2/c12-9-6-14-10(13)5-8(9)11(16)15-17-7-3-1-2-4-7/h5-7H,1-4H2,(H,15,16). The van der Waals surface area contributed by atoms with E-state index in [1.165, 1.54) is 12.3 Å². The number of amides is 1. The van der Waals surface area contributed by atoms with E-state index in [4.69, 9.17) is 28.0 Å². The molecule has 0 unspecified atom stereocenters. The minimum absolute atomic E-state index is 0.107. The Bertz CT molecular complexity index is 420. The van der Waals surface area contributed by atoms with Crippen LogP contribution < -0.4 is 5.48 Å². The molecule has 1 fully saturated rings. The van der Waals surface area contributed by atoms with Crippen LogP contribution in [0.1, 0.15) is 36.0 Å². The largest absolute Gasteiger partial charge is 0.276 e. The minimum atomic E-state index is -0.397. The van der Waals surface area contributed by atoms with Crippen LogP contribution in [0.25, 0.3) is 0 Å². The van der Waals surface area contributed by atoms with Gasteiger partial charge < -0.3 is 0 Å². The summed E-state index contributed by atoms with van der Waals surface area (Å²) in [6.45, 7) is 0. The van der Waals surface area contributed by atoms with Gasteiger partial charge >= 0.3 is 0 Å². The Morgan fingerprint density at radius 2 is 2.12 bits per heavy atom. The third kappa shape index (κ3) is 3.31. The second-order valence-corrected chi connectivity index (χ2v) is 4.74. The molecule has 1 aromatic rings. The van der Waals surface area contributed by atoms with E-state index in [0.29, 0.717) is 0 Å². The van der Waals surface area contributed by atoms with Crippen LogP contribution in [0.15, 0.2) is 12.3 Å². The second kappa shape index (κ2) is 5.67. The Labute approximate surface area is 109 Å². The number of halogens is 2. The van der Waals surface area contributed by atoms with Crippen molar-refractivity contribution < 1.29 is 9.63 Å². The lowest BCUT2D eigenvalue weighted by molar-refractivity contribution is -0.0124. The summed E-state index contributed by atoms with van der Waals surface area (Å²) in [5.74, 6) is -0.397. The maximum absolute atomic E-state index is 11.8. The molecule has 6 heteroatoms. The molecule has 0 aromatic carbocycles. The molecule has 1 aliphatic carbocycles. The number of carbonyl (C=O) groups is 1.